The molecule has 5 heteroatoms. The Bertz CT molecular complexity index is 578. The number of halogens is 1. The van der Waals surface area contributed by atoms with Gasteiger partial charge in [-0.05, 0) is 31.5 Å². The lowest BCUT2D eigenvalue weighted by Gasteiger charge is -2.07. The molecule has 0 saturated heterocycles. The van der Waals surface area contributed by atoms with Crippen LogP contribution in [0.25, 0.3) is 10.9 Å². The van der Waals surface area contributed by atoms with Gasteiger partial charge in [-0.2, -0.15) is 5.10 Å². The number of carbonyl (C=O) groups is 1. The van der Waals surface area contributed by atoms with Gasteiger partial charge in [-0.15, -0.1) is 0 Å². The molecule has 0 spiro atoms. The molecule has 0 amide bonds. The number of ether oxygens (including phenoxy) is 1. The summed E-state index contributed by atoms with van der Waals surface area (Å²) in [6.45, 7) is 4.38. The fourth-order valence-electron chi connectivity index (χ4n) is 1.75. The summed E-state index contributed by atoms with van der Waals surface area (Å²) in [4.78, 5) is 11.2. The Hall–Kier alpha value is -1.55. The molecule has 0 aliphatic rings. The minimum atomic E-state index is 0.0373. The summed E-state index contributed by atoms with van der Waals surface area (Å²) >= 11 is 5.93. The van der Waals surface area contributed by atoms with Gasteiger partial charge in [0.25, 0.3) is 0 Å². The van der Waals surface area contributed by atoms with Crippen molar-refractivity contribution in [3.8, 4) is 5.88 Å². The number of Topliss-reactive ketones (excluding diaryl/α,β-unsaturated/α-hetero) is 1. The van der Waals surface area contributed by atoms with Gasteiger partial charge in [0.05, 0.1) is 17.5 Å². The second kappa shape index (κ2) is 5.40. The highest BCUT2D eigenvalue weighted by Gasteiger charge is 2.13. The van der Waals surface area contributed by atoms with Crippen LogP contribution in [0.4, 0.5) is 0 Å². The Morgan fingerprint density at radius 3 is 2.94 bits per heavy atom. The van der Waals surface area contributed by atoms with Crippen molar-refractivity contribution in [2.75, 3.05) is 6.61 Å². The molecule has 2 rings (SSSR count). The summed E-state index contributed by atoms with van der Waals surface area (Å²) in [7, 11) is 0. The van der Waals surface area contributed by atoms with Gasteiger partial charge in [-0.25, -0.2) is 4.68 Å². The molecule has 0 unspecified atom stereocenters. The predicted molar refractivity (Wildman–Crippen MR) is 71.2 cm³/mol. The third-order valence-corrected chi connectivity index (χ3v) is 2.70. The van der Waals surface area contributed by atoms with E-state index in [4.69, 9.17) is 16.3 Å². The molecule has 0 saturated carbocycles. The number of rotatable bonds is 5. The normalized spacial score (nSPS) is 10.8. The summed E-state index contributed by atoms with van der Waals surface area (Å²) in [5.74, 6) is 0.675. The topological polar surface area (TPSA) is 44.1 Å². The first-order chi connectivity index (χ1) is 8.61. The van der Waals surface area contributed by atoms with Crippen molar-refractivity contribution in [2.45, 2.75) is 26.8 Å². The second-order valence-corrected chi connectivity index (χ2v) is 4.61. The van der Waals surface area contributed by atoms with E-state index < -0.39 is 0 Å². The largest absolute Gasteiger partial charge is 0.477 e. The Balaban J connectivity index is 2.49. The molecule has 1 aromatic heterocycles. The third-order valence-electron chi connectivity index (χ3n) is 2.47. The molecule has 0 radical (unpaired) electrons. The lowest BCUT2D eigenvalue weighted by atomic mass is 10.2. The standard InChI is InChI=1S/C13H15ClN2O2/c1-3-6-18-13-11-5-4-10(14)7-12(11)15-16(13)8-9(2)17/h4-5,7H,3,6,8H2,1-2H3. The van der Waals surface area contributed by atoms with Crippen molar-refractivity contribution in [1.29, 1.82) is 0 Å². The third kappa shape index (κ3) is 2.64. The van der Waals surface area contributed by atoms with Gasteiger partial charge in [-0.3, -0.25) is 4.79 Å². The molecule has 0 N–H and O–H groups in total. The molecule has 0 atom stereocenters. The van der Waals surface area contributed by atoms with Crippen LogP contribution in [-0.2, 0) is 11.3 Å². The van der Waals surface area contributed by atoms with Crippen molar-refractivity contribution < 1.29 is 9.53 Å². The first-order valence-electron chi connectivity index (χ1n) is 5.90. The van der Waals surface area contributed by atoms with E-state index in [9.17, 15) is 4.79 Å². The van der Waals surface area contributed by atoms with Crippen LogP contribution in [0.2, 0.25) is 5.02 Å². The Morgan fingerprint density at radius 1 is 1.50 bits per heavy atom. The lowest BCUT2D eigenvalue weighted by molar-refractivity contribution is -0.117. The first-order valence-corrected chi connectivity index (χ1v) is 6.28. The van der Waals surface area contributed by atoms with Gasteiger partial charge in [0.1, 0.15) is 6.54 Å². The van der Waals surface area contributed by atoms with Gasteiger partial charge >= 0.3 is 0 Å². The van der Waals surface area contributed by atoms with Crippen LogP contribution < -0.4 is 4.74 Å². The van der Waals surface area contributed by atoms with Crippen LogP contribution in [0.15, 0.2) is 18.2 Å². The number of nitrogens with zero attached hydrogens (tertiary/aromatic N) is 2. The van der Waals surface area contributed by atoms with Crippen molar-refractivity contribution in [2.24, 2.45) is 0 Å². The van der Waals surface area contributed by atoms with E-state index in [0.29, 0.717) is 17.5 Å². The van der Waals surface area contributed by atoms with Gasteiger partial charge in [-0.1, -0.05) is 18.5 Å². The molecule has 0 fully saturated rings. The summed E-state index contributed by atoms with van der Waals surface area (Å²) in [5, 5.41) is 5.86. The summed E-state index contributed by atoms with van der Waals surface area (Å²) < 4.78 is 7.28. The number of aromatic nitrogens is 2. The summed E-state index contributed by atoms with van der Waals surface area (Å²) in [6.07, 6.45) is 0.903. The van der Waals surface area contributed by atoms with Crippen LogP contribution in [-0.4, -0.2) is 22.2 Å². The monoisotopic (exact) mass is 266 g/mol. The summed E-state index contributed by atoms with van der Waals surface area (Å²) in [5.41, 5.74) is 0.745. The van der Waals surface area contributed by atoms with Crippen LogP contribution in [0.5, 0.6) is 5.88 Å². The van der Waals surface area contributed by atoms with Crippen LogP contribution in [0, 0.1) is 0 Å². The van der Waals surface area contributed by atoms with Crippen LogP contribution in [0.3, 0.4) is 0 Å². The molecule has 96 valence electrons. The molecule has 0 aliphatic carbocycles. The zero-order valence-electron chi connectivity index (χ0n) is 10.4. The van der Waals surface area contributed by atoms with Crippen molar-refractivity contribution in [3.05, 3.63) is 23.2 Å². The van der Waals surface area contributed by atoms with Gasteiger partial charge < -0.3 is 4.74 Å². The van der Waals surface area contributed by atoms with E-state index in [0.717, 1.165) is 17.3 Å². The maximum atomic E-state index is 11.2. The van der Waals surface area contributed by atoms with E-state index in [1.165, 1.54) is 6.92 Å². The number of benzene rings is 1. The molecule has 1 aromatic carbocycles. The van der Waals surface area contributed by atoms with Crippen LogP contribution >= 0.6 is 11.6 Å². The van der Waals surface area contributed by atoms with Gasteiger partial charge in [0.15, 0.2) is 5.78 Å². The fraction of sp³-hybridized carbons (Fsp3) is 0.385. The number of hydrogen-bond donors (Lipinski definition) is 0. The smallest absolute Gasteiger partial charge is 0.220 e. The Labute approximate surface area is 110 Å². The number of fused-ring (bicyclic) bond motifs is 1. The van der Waals surface area contributed by atoms with Gasteiger partial charge in [0, 0.05) is 5.02 Å². The second-order valence-electron chi connectivity index (χ2n) is 4.17. The maximum Gasteiger partial charge on any atom is 0.220 e. The quantitative estimate of drug-likeness (QED) is 0.835. The first kappa shape index (κ1) is 12.9. The van der Waals surface area contributed by atoms with E-state index in [1.54, 1.807) is 16.8 Å². The van der Waals surface area contributed by atoms with E-state index in [-0.39, 0.29) is 12.3 Å². The van der Waals surface area contributed by atoms with Crippen molar-refractivity contribution >= 4 is 28.3 Å². The lowest BCUT2D eigenvalue weighted by Crippen LogP contribution is -2.10. The highest BCUT2D eigenvalue weighted by Crippen LogP contribution is 2.28. The molecule has 18 heavy (non-hydrogen) atoms. The van der Waals surface area contributed by atoms with Crippen molar-refractivity contribution in [3.63, 3.8) is 0 Å². The zero-order chi connectivity index (χ0) is 13.1. The predicted octanol–water partition coefficient (Wildman–Crippen LogP) is 3.07. The molecule has 0 bridgehead atoms. The minimum absolute atomic E-state index is 0.0373. The molecular formula is C13H15ClN2O2. The number of ketones is 1. The SMILES string of the molecule is CCCOc1c2ccc(Cl)cc2nn1CC(C)=O. The highest BCUT2D eigenvalue weighted by atomic mass is 35.5. The maximum absolute atomic E-state index is 11.2. The Morgan fingerprint density at radius 2 is 2.28 bits per heavy atom. The highest BCUT2D eigenvalue weighted by molar-refractivity contribution is 6.31. The average molecular weight is 267 g/mol. The van der Waals surface area contributed by atoms with Crippen molar-refractivity contribution in [1.82, 2.24) is 9.78 Å². The zero-order valence-corrected chi connectivity index (χ0v) is 11.2. The molecule has 2 aromatic rings. The molecule has 1 heterocycles. The number of carbonyl (C=O) groups excluding carboxylic acids is 1. The molecular weight excluding hydrogens is 252 g/mol. The Kier molecular flexibility index (Phi) is 3.87. The fourth-order valence-corrected chi connectivity index (χ4v) is 1.92. The van der Waals surface area contributed by atoms with Crippen LogP contribution in [0.1, 0.15) is 20.3 Å². The molecule has 0 aliphatic heterocycles. The van der Waals surface area contributed by atoms with E-state index >= 15 is 0 Å². The van der Waals surface area contributed by atoms with Gasteiger partial charge in [0.2, 0.25) is 5.88 Å². The molecule has 4 nitrogen and oxygen atoms in total. The minimum Gasteiger partial charge on any atom is -0.477 e. The van der Waals surface area contributed by atoms with E-state index in [1.807, 2.05) is 13.0 Å². The summed E-state index contributed by atoms with van der Waals surface area (Å²) in [6, 6.07) is 5.43. The van der Waals surface area contributed by atoms with E-state index in [2.05, 4.69) is 5.10 Å². The number of hydrogen-bond acceptors (Lipinski definition) is 3. The average Bonchev–Trinajstić information content (AvgIpc) is 2.62.